The monoisotopic (exact) mass is 448 g/mol. The predicted octanol–water partition coefficient (Wildman–Crippen LogP) is 8.25. The molecule has 0 saturated carbocycles. The van der Waals surface area contributed by atoms with Gasteiger partial charge in [0.15, 0.2) is 11.0 Å². The summed E-state index contributed by atoms with van der Waals surface area (Å²) in [7, 11) is -1.97. The molecule has 0 radical (unpaired) electrons. The van der Waals surface area contributed by atoms with Crippen LogP contribution in [0.3, 0.4) is 0 Å². The fourth-order valence-electron chi connectivity index (χ4n) is 6.54. The van der Waals surface area contributed by atoms with Crippen LogP contribution in [0.5, 0.6) is 0 Å². The van der Waals surface area contributed by atoms with Gasteiger partial charge in [0, 0.05) is 15.8 Å². The average Bonchev–Trinajstić information content (AvgIpc) is 3.25. The zero-order chi connectivity index (χ0) is 23.6. The van der Waals surface area contributed by atoms with Gasteiger partial charge in [-0.25, -0.2) is 0 Å². The molecule has 1 saturated heterocycles. The van der Waals surface area contributed by atoms with E-state index in [9.17, 15) is 9.59 Å². The summed E-state index contributed by atoms with van der Waals surface area (Å²) >= 11 is 0. The molecule has 0 aromatic carbocycles. The Morgan fingerprint density at radius 2 is 0.667 bits per heavy atom. The summed E-state index contributed by atoms with van der Waals surface area (Å²) in [4.78, 5) is 26.5. The number of rotatable bonds is 2. The number of hydrogen-bond acceptors (Lipinski definition) is 2. The normalized spacial score (nSPS) is 27.5. The number of carbonyl (C=O) groups is 2. The molecule has 0 N–H and O–H groups in total. The van der Waals surface area contributed by atoms with Crippen LogP contribution < -0.4 is 0 Å². The first kappa shape index (κ1) is 24.3. The third kappa shape index (κ3) is 2.81. The Morgan fingerprint density at radius 3 is 0.767 bits per heavy atom. The van der Waals surface area contributed by atoms with Crippen molar-refractivity contribution in [2.24, 2.45) is 21.7 Å². The molecule has 0 amide bonds. The van der Waals surface area contributed by atoms with Crippen LogP contribution in [0.1, 0.15) is 96.9 Å². The Balaban J connectivity index is 2.30. The lowest BCUT2D eigenvalue weighted by atomic mass is 9.89. The molecule has 0 bridgehead atoms. The first-order chi connectivity index (χ1) is 13.1. The van der Waals surface area contributed by atoms with Crippen molar-refractivity contribution >= 4 is 26.9 Å². The van der Waals surface area contributed by atoms with Gasteiger partial charge in [-0.3, -0.25) is 9.59 Å². The third-order valence-electron chi connectivity index (χ3n) is 6.69. The average molecular weight is 449 g/mol. The van der Waals surface area contributed by atoms with Gasteiger partial charge in [0.25, 0.3) is 0 Å². The Hall–Kier alpha value is -0.320. The minimum atomic E-state index is -0.986. The van der Waals surface area contributed by atoms with E-state index in [1.165, 1.54) is 22.3 Å². The molecule has 1 aliphatic heterocycles. The summed E-state index contributed by atoms with van der Waals surface area (Å²) in [6.45, 7) is 30.8. The molecule has 0 atom stereocenters. The van der Waals surface area contributed by atoms with Crippen molar-refractivity contribution in [1.82, 2.24) is 0 Å². The SMILES string of the molecule is CC(=O)P1C2(C(C(C)(C)C)=C2C(C)(C)C)P(C(C)=O)C12C(C(C)(C)C)=C2C(C)(C)C. The van der Waals surface area contributed by atoms with Crippen LogP contribution in [0.4, 0.5) is 0 Å². The minimum absolute atomic E-state index is 0.0189. The van der Waals surface area contributed by atoms with Crippen molar-refractivity contribution in [2.45, 2.75) is 107 Å². The summed E-state index contributed by atoms with van der Waals surface area (Å²) in [6.07, 6.45) is 0. The van der Waals surface area contributed by atoms with E-state index in [-0.39, 0.29) is 31.5 Å². The first-order valence-corrected chi connectivity index (χ1v) is 13.9. The molecule has 3 rings (SSSR count). The maximum atomic E-state index is 13.5. The van der Waals surface area contributed by atoms with Gasteiger partial charge in [-0.05, 0) is 57.8 Å². The topological polar surface area (TPSA) is 34.1 Å². The Bertz CT molecular complexity index is 769. The summed E-state index contributed by atoms with van der Waals surface area (Å²) in [5.74, 6) is 0. The van der Waals surface area contributed by atoms with Gasteiger partial charge in [-0.15, -0.1) is 0 Å². The lowest BCUT2D eigenvalue weighted by Crippen LogP contribution is -2.46. The molecule has 168 valence electrons. The zero-order valence-electron chi connectivity index (χ0n) is 21.7. The highest BCUT2D eigenvalue weighted by atomic mass is 31.2. The van der Waals surface area contributed by atoms with E-state index in [0.29, 0.717) is 11.0 Å². The van der Waals surface area contributed by atoms with E-state index in [1.54, 1.807) is 13.8 Å². The maximum Gasteiger partial charge on any atom is 0.154 e. The summed E-state index contributed by atoms with van der Waals surface area (Å²) in [5, 5.41) is 0. The van der Waals surface area contributed by atoms with E-state index in [4.69, 9.17) is 0 Å². The standard InChI is InChI=1S/C26H42O2P2/c1-15(27)29-25(17(21(3,4)5)18(25)22(6,7)8)30(16(2)28)26(29)19(23(9,10)11)20(26)24(12,13)14/h1-14H3. The van der Waals surface area contributed by atoms with Crippen LogP contribution in [0.15, 0.2) is 22.3 Å². The van der Waals surface area contributed by atoms with Crippen molar-refractivity contribution in [3.63, 3.8) is 0 Å². The molecule has 0 unspecified atom stereocenters. The molecule has 2 aliphatic carbocycles. The lowest BCUT2D eigenvalue weighted by molar-refractivity contribution is -0.110. The second-order valence-electron chi connectivity index (χ2n) is 13.6. The predicted molar refractivity (Wildman–Crippen MR) is 133 cm³/mol. The lowest BCUT2D eigenvalue weighted by Gasteiger charge is -2.59. The Kier molecular flexibility index (Phi) is 5.00. The van der Waals surface area contributed by atoms with E-state index in [0.717, 1.165) is 0 Å². The van der Waals surface area contributed by atoms with Gasteiger partial charge in [0.1, 0.15) is 0 Å². The number of carbonyl (C=O) groups excluding carboxylic acids is 2. The maximum absolute atomic E-state index is 13.5. The molecule has 2 nitrogen and oxygen atoms in total. The number of hydrogen-bond donors (Lipinski definition) is 0. The smallest absolute Gasteiger partial charge is 0.154 e. The quantitative estimate of drug-likeness (QED) is 0.315. The van der Waals surface area contributed by atoms with E-state index >= 15 is 0 Å². The van der Waals surface area contributed by atoms with Crippen molar-refractivity contribution in [1.29, 1.82) is 0 Å². The summed E-state index contributed by atoms with van der Waals surface area (Å²) in [6, 6.07) is 0. The second kappa shape index (κ2) is 6.17. The van der Waals surface area contributed by atoms with Gasteiger partial charge in [0.05, 0.1) is 9.79 Å². The molecule has 3 aliphatic rings. The highest BCUT2D eigenvalue weighted by molar-refractivity contribution is 8.10. The van der Waals surface area contributed by atoms with Crippen molar-refractivity contribution in [3.8, 4) is 0 Å². The molecule has 1 fully saturated rings. The highest BCUT2D eigenvalue weighted by Crippen LogP contribution is 3.09. The molecule has 2 spiro atoms. The van der Waals surface area contributed by atoms with Gasteiger partial charge in [0.2, 0.25) is 0 Å². The van der Waals surface area contributed by atoms with Gasteiger partial charge < -0.3 is 0 Å². The van der Waals surface area contributed by atoms with Crippen LogP contribution in [0.2, 0.25) is 0 Å². The number of allylic oxidation sites excluding steroid dienone is 4. The van der Waals surface area contributed by atoms with Crippen LogP contribution in [-0.4, -0.2) is 20.8 Å². The molecule has 4 heteroatoms. The minimum Gasteiger partial charge on any atom is -0.295 e. The van der Waals surface area contributed by atoms with Crippen LogP contribution in [0, 0.1) is 21.7 Å². The highest BCUT2D eigenvalue weighted by Gasteiger charge is 2.90. The van der Waals surface area contributed by atoms with E-state index in [1.807, 2.05) is 0 Å². The zero-order valence-corrected chi connectivity index (χ0v) is 23.5. The van der Waals surface area contributed by atoms with Crippen molar-refractivity contribution in [2.75, 3.05) is 0 Å². The Labute approximate surface area is 187 Å². The Morgan fingerprint density at radius 1 is 0.500 bits per heavy atom. The molecule has 1 heterocycles. The van der Waals surface area contributed by atoms with Gasteiger partial charge >= 0.3 is 0 Å². The van der Waals surface area contributed by atoms with E-state index < -0.39 is 15.8 Å². The summed E-state index contributed by atoms with van der Waals surface area (Å²) < 4.78 is 0. The molecule has 30 heavy (non-hydrogen) atoms. The van der Waals surface area contributed by atoms with E-state index in [2.05, 4.69) is 83.1 Å². The molecular formula is C26H42O2P2. The fraction of sp³-hybridized carbons (Fsp3) is 0.769. The molecular weight excluding hydrogens is 406 g/mol. The van der Waals surface area contributed by atoms with Gasteiger partial charge in [-0.1, -0.05) is 83.1 Å². The largest absolute Gasteiger partial charge is 0.295 e. The van der Waals surface area contributed by atoms with Gasteiger partial charge in [-0.2, -0.15) is 0 Å². The fourth-order valence-corrected chi connectivity index (χ4v) is 18.8. The third-order valence-corrected chi connectivity index (χ3v) is 14.7. The van der Waals surface area contributed by atoms with Crippen LogP contribution in [0.25, 0.3) is 0 Å². The molecule has 0 aromatic heterocycles. The molecule has 0 aromatic rings. The van der Waals surface area contributed by atoms with Crippen LogP contribution >= 0.6 is 15.8 Å². The van der Waals surface area contributed by atoms with Crippen molar-refractivity contribution < 1.29 is 9.59 Å². The van der Waals surface area contributed by atoms with Crippen LogP contribution in [-0.2, 0) is 9.59 Å². The first-order valence-electron chi connectivity index (χ1n) is 11.2. The second-order valence-corrected chi connectivity index (χ2v) is 19.5. The summed E-state index contributed by atoms with van der Waals surface area (Å²) in [5.41, 5.74) is 6.31. The van der Waals surface area contributed by atoms with Crippen molar-refractivity contribution in [3.05, 3.63) is 22.3 Å².